The van der Waals surface area contributed by atoms with E-state index in [1.54, 1.807) is 6.07 Å². The summed E-state index contributed by atoms with van der Waals surface area (Å²) in [7, 11) is 0. The fourth-order valence-corrected chi connectivity index (χ4v) is 4.11. The van der Waals surface area contributed by atoms with Gasteiger partial charge in [-0.25, -0.2) is 4.79 Å². The van der Waals surface area contributed by atoms with Crippen LogP contribution < -0.4 is 16.0 Å². The number of hydrogen-bond acceptors (Lipinski definition) is 4. The zero-order valence-corrected chi connectivity index (χ0v) is 17.2. The van der Waals surface area contributed by atoms with Gasteiger partial charge in [0.25, 0.3) is 5.91 Å². The smallest absolute Gasteiger partial charge is 0.325 e. The van der Waals surface area contributed by atoms with Crippen molar-refractivity contribution in [2.24, 2.45) is 0 Å². The first-order valence-electron chi connectivity index (χ1n) is 9.27. The third kappa shape index (κ3) is 4.35. The van der Waals surface area contributed by atoms with Crippen LogP contribution in [0.5, 0.6) is 0 Å². The predicted octanol–water partition coefficient (Wildman–Crippen LogP) is 2.07. The van der Waals surface area contributed by atoms with Gasteiger partial charge in [-0.15, -0.1) is 0 Å². The number of urea groups is 1. The first-order chi connectivity index (χ1) is 13.3. The Kier molecular flexibility index (Phi) is 6.02. The highest BCUT2D eigenvalue weighted by Crippen LogP contribution is 2.35. The van der Waals surface area contributed by atoms with E-state index in [1.807, 2.05) is 19.1 Å². The number of carbonyl (C=O) groups excluding carboxylic acids is 4. The van der Waals surface area contributed by atoms with Crippen molar-refractivity contribution < 1.29 is 19.2 Å². The van der Waals surface area contributed by atoms with Gasteiger partial charge in [0.1, 0.15) is 5.54 Å². The van der Waals surface area contributed by atoms with Gasteiger partial charge in [0.15, 0.2) is 0 Å². The van der Waals surface area contributed by atoms with E-state index in [1.165, 1.54) is 0 Å². The Labute approximate surface area is 171 Å². The maximum absolute atomic E-state index is 12.5. The van der Waals surface area contributed by atoms with Crippen molar-refractivity contribution in [2.75, 3.05) is 18.4 Å². The van der Waals surface area contributed by atoms with Crippen molar-refractivity contribution in [1.29, 1.82) is 0 Å². The van der Waals surface area contributed by atoms with E-state index < -0.39 is 17.5 Å². The number of benzene rings is 1. The Morgan fingerprint density at radius 2 is 1.93 bits per heavy atom. The van der Waals surface area contributed by atoms with Gasteiger partial charge in [0.2, 0.25) is 11.8 Å². The van der Waals surface area contributed by atoms with Crippen LogP contribution in [-0.2, 0) is 14.4 Å². The molecule has 9 heteroatoms. The van der Waals surface area contributed by atoms with Crippen molar-refractivity contribution in [2.45, 2.75) is 44.6 Å². The third-order valence-electron chi connectivity index (χ3n) is 5.17. The summed E-state index contributed by atoms with van der Waals surface area (Å²) in [5, 5.41) is 8.03. The maximum atomic E-state index is 12.5. The summed E-state index contributed by atoms with van der Waals surface area (Å²) in [6.45, 7) is 1.69. The molecule has 0 aromatic heterocycles. The van der Waals surface area contributed by atoms with Gasteiger partial charge in [0.05, 0.1) is 6.54 Å². The molecule has 0 bridgehead atoms. The lowest BCUT2D eigenvalue weighted by molar-refractivity contribution is -0.131. The highest BCUT2D eigenvalue weighted by atomic mass is 79.9. The zero-order chi connectivity index (χ0) is 20.3. The minimum absolute atomic E-state index is 0.00564. The van der Waals surface area contributed by atoms with E-state index >= 15 is 0 Å². The second-order valence-corrected chi connectivity index (χ2v) is 8.13. The van der Waals surface area contributed by atoms with E-state index in [-0.39, 0.29) is 31.3 Å². The second kappa shape index (κ2) is 8.30. The summed E-state index contributed by atoms with van der Waals surface area (Å²) in [5.41, 5.74) is 0.799. The number of amides is 5. The van der Waals surface area contributed by atoms with Crippen molar-refractivity contribution in [3.8, 4) is 0 Å². The lowest BCUT2D eigenvalue weighted by Gasteiger charge is -2.19. The van der Waals surface area contributed by atoms with E-state index in [9.17, 15) is 19.2 Å². The molecular weight excluding hydrogens is 428 g/mol. The largest absolute Gasteiger partial charge is 0.347 e. The van der Waals surface area contributed by atoms with Crippen LogP contribution in [0.2, 0.25) is 0 Å². The molecule has 2 aliphatic rings. The van der Waals surface area contributed by atoms with Gasteiger partial charge in [0, 0.05) is 23.1 Å². The quantitative estimate of drug-likeness (QED) is 0.576. The molecular formula is C19H23BrN4O4. The van der Waals surface area contributed by atoms with Gasteiger partial charge >= 0.3 is 6.03 Å². The van der Waals surface area contributed by atoms with Crippen LogP contribution in [0.3, 0.4) is 0 Å². The Hall–Kier alpha value is -2.42. The average Bonchev–Trinajstić information content (AvgIpc) is 3.20. The molecule has 1 aromatic rings. The molecule has 0 atom stereocenters. The average molecular weight is 451 g/mol. The van der Waals surface area contributed by atoms with Crippen LogP contribution in [0.4, 0.5) is 10.5 Å². The minimum atomic E-state index is -0.768. The van der Waals surface area contributed by atoms with Crippen LogP contribution in [-0.4, -0.2) is 47.3 Å². The second-order valence-electron chi connectivity index (χ2n) is 7.21. The number of anilines is 1. The lowest BCUT2D eigenvalue weighted by Crippen LogP contribution is -2.44. The molecule has 1 aromatic carbocycles. The summed E-state index contributed by atoms with van der Waals surface area (Å²) in [4.78, 5) is 49.8. The topological polar surface area (TPSA) is 108 Å². The van der Waals surface area contributed by atoms with Crippen LogP contribution in [0, 0.1) is 6.92 Å². The van der Waals surface area contributed by atoms with Crippen LogP contribution in [0.25, 0.3) is 0 Å². The van der Waals surface area contributed by atoms with Gasteiger partial charge in [-0.05, 0) is 43.5 Å². The SMILES string of the molecule is Cc1cc(Br)ccc1NC(=O)CNC(=O)CCN1C(=O)NC2(CCCC2)C1=O. The number of rotatable bonds is 6. The molecule has 0 unspecified atom stereocenters. The summed E-state index contributed by atoms with van der Waals surface area (Å²) in [6, 6.07) is 5.03. The van der Waals surface area contributed by atoms with Crippen molar-refractivity contribution in [3.63, 3.8) is 0 Å². The first kappa shape index (κ1) is 20.3. The molecule has 28 heavy (non-hydrogen) atoms. The fraction of sp³-hybridized carbons (Fsp3) is 0.474. The molecule has 150 valence electrons. The summed E-state index contributed by atoms with van der Waals surface area (Å²) >= 11 is 3.36. The van der Waals surface area contributed by atoms with Crippen molar-refractivity contribution in [3.05, 3.63) is 28.2 Å². The molecule has 3 rings (SSSR count). The number of imide groups is 1. The molecule has 1 aliphatic heterocycles. The van der Waals surface area contributed by atoms with Gasteiger partial charge in [-0.3, -0.25) is 19.3 Å². The molecule has 1 heterocycles. The Bertz CT molecular complexity index is 820. The molecule has 1 spiro atoms. The van der Waals surface area contributed by atoms with E-state index in [0.29, 0.717) is 18.5 Å². The number of nitrogens with zero attached hydrogens (tertiary/aromatic N) is 1. The molecule has 1 saturated carbocycles. The normalized spacial score (nSPS) is 17.7. The van der Waals surface area contributed by atoms with Crippen molar-refractivity contribution >= 4 is 45.4 Å². The van der Waals surface area contributed by atoms with Crippen LogP contribution in [0.15, 0.2) is 22.7 Å². The molecule has 3 N–H and O–H groups in total. The fourth-order valence-electron chi connectivity index (χ4n) is 3.64. The summed E-state index contributed by atoms with van der Waals surface area (Å²) in [5.74, 6) is -0.986. The maximum Gasteiger partial charge on any atom is 0.325 e. The van der Waals surface area contributed by atoms with Gasteiger partial charge in [-0.2, -0.15) is 0 Å². The molecule has 2 fully saturated rings. The lowest BCUT2D eigenvalue weighted by atomic mass is 9.98. The third-order valence-corrected chi connectivity index (χ3v) is 5.67. The molecule has 1 aliphatic carbocycles. The standard InChI is InChI=1S/C19H23BrN4O4/c1-12-10-13(20)4-5-14(12)22-16(26)11-21-15(25)6-9-24-17(27)19(23-18(24)28)7-2-3-8-19/h4-5,10H,2-3,6-9,11H2,1H3,(H,21,25)(H,22,26)(H,23,28). The number of hydrogen-bond donors (Lipinski definition) is 3. The zero-order valence-electron chi connectivity index (χ0n) is 15.6. The molecule has 5 amide bonds. The monoisotopic (exact) mass is 450 g/mol. The predicted molar refractivity (Wildman–Crippen MR) is 107 cm³/mol. The number of aryl methyl sites for hydroxylation is 1. The van der Waals surface area contributed by atoms with E-state index in [2.05, 4.69) is 31.9 Å². The molecule has 0 radical (unpaired) electrons. The van der Waals surface area contributed by atoms with Crippen LogP contribution >= 0.6 is 15.9 Å². The van der Waals surface area contributed by atoms with E-state index in [0.717, 1.165) is 27.8 Å². The number of nitrogens with one attached hydrogen (secondary N) is 3. The van der Waals surface area contributed by atoms with Gasteiger partial charge < -0.3 is 16.0 Å². The van der Waals surface area contributed by atoms with Gasteiger partial charge in [-0.1, -0.05) is 28.8 Å². The highest BCUT2D eigenvalue weighted by Gasteiger charge is 2.52. The highest BCUT2D eigenvalue weighted by molar-refractivity contribution is 9.10. The Balaban J connectivity index is 1.44. The minimum Gasteiger partial charge on any atom is -0.347 e. The van der Waals surface area contributed by atoms with Crippen LogP contribution in [0.1, 0.15) is 37.7 Å². The summed E-state index contributed by atoms with van der Waals surface area (Å²) < 4.78 is 0.913. The first-order valence-corrected chi connectivity index (χ1v) is 10.1. The summed E-state index contributed by atoms with van der Waals surface area (Å²) in [6.07, 6.45) is 3.08. The number of halogens is 1. The molecule has 1 saturated heterocycles. The molecule has 8 nitrogen and oxygen atoms in total. The Morgan fingerprint density at radius 3 is 2.61 bits per heavy atom. The Morgan fingerprint density at radius 1 is 1.21 bits per heavy atom. The number of carbonyl (C=O) groups is 4. The van der Waals surface area contributed by atoms with E-state index in [4.69, 9.17) is 0 Å². The van der Waals surface area contributed by atoms with Crippen molar-refractivity contribution in [1.82, 2.24) is 15.5 Å².